The molecule has 1 saturated heterocycles. The van der Waals surface area contributed by atoms with Crippen LogP contribution in [0.4, 0.5) is 5.82 Å². The summed E-state index contributed by atoms with van der Waals surface area (Å²) in [6.07, 6.45) is 7.42. The molecule has 162 valence electrons. The predicted molar refractivity (Wildman–Crippen MR) is 127 cm³/mol. The zero-order chi connectivity index (χ0) is 22.1. The molecule has 0 aromatic carbocycles. The highest BCUT2D eigenvalue weighted by atomic mass is 32.1. The molecule has 0 spiro atoms. The smallest absolute Gasteiger partial charge is 0.169 e. The second-order valence-corrected chi connectivity index (χ2v) is 9.40. The topological polar surface area (TPSA) is 75.1 Å². The van der Waals surface area contributed by atoms with Gasteiger partial charge in [0.15, 0.2) is 5.78 Å². The molecule has 0 radical (unpaired) electrons. The number of fused-ring (bicyclic) bond motifs is 1. The van der Waals surface area contributed by atoms with E-state index in [1.165, 1.54) is 0 Å². The highest BCUT2D eigenvalue weighted by molar-refractivity contribution is 7.14. The van der Waals surface area contributed by atoms with Gasteiger partial charge in [0.05, 0.1) is 12.1 Å². The average molecular weight is 445 g/mol. The molecule has 4 aromatic rings. The standard InChI is InChI=1S/C24H24N6OS/c1-16-13-28-24(32-16)21-10-18-9-20(26-14-19(18)15-27-21)12-22(31)17-3-4-25-23(11-17)30-7-5-29(2)6-8-30/h3-4,9-11,13-15H,5-8,12H2,1-2H3. The van der Waals surface area contributed by atoms with Gasteiger partial charge in [-0.25, -0.2) is 9.97 Å². The van der Waals surface area contributed by atoms with E-state index >= 15 is 0 Å². The molecular formula is C24H24N6OS. The summed E-state index contributed by atoms with van der Waals surface area (Å²) < 4.78 is 0. The third-order valence-corrected chi connectivity index (χ3v) is 6.67. The van der Waals surface area contributed by atoms with Crippen molar-refractivity contribution in [2.45, 2.75) is 13.3 Å². The molecule has 0 N–H and O–H groups in total. The zero-order valence-corrected chi connectivity index (χ0v) is 19.0. The molecule has 0 amide bonds. The van der Waals surface area contributed by atoms with E-state index in [4.69, 9.17) is 0 Å². The Morgan fingerprint density at radius 2 is 1.78 bits per heavy atom. The molecular weight excluding hydrogens is 420 g/mol. The second-order valence-electron chi connectivity index (χ2n) is 8.16. The number of thiazole rings is 1. The van der Waals surface area contributed by atoms with E-state index in [1.54, 1.807) is 29.8 Å². The van der Waals surface area contributed by atoms with Crippen LogP contribution in [0.2, 0.25) is 0 Å². The van der Waals surface area contributed by atoms with Gasteiger partial charge in [-0.15, -0.1) is 11.3 Å². The zero-order valence-electron chi connectivity index (χ0n) is 18.2. The van der Waals surface area contributed by atoms with Crippen LogP contribution in [0.5, 0.6) is 0 Å². The van der Waals surface area contributed by atoms with E-state index in [9.17, 15) is 4.79 Å². The number of hydrogen-bond donors (Lipinski definition) is 0. The fourth-order valence-electron chi connectivity index (χ4n) is 3.84. The maximum absolute atomic E-state index is 13.0. The number of anilines is 1. The molecule has 0 unspecified atom stereocenters. The Morgan fingerprint density at radius 1 is 0.969 bits per heavy atom. The molecule has 0 atom stereocenters. The number of hydrogen-bond acceptors (Lipinski definition) is 8. The lowest BCUT2D eigenvalue weighted by Gasteiger charge is -2.33. The number of aromatic nitrogens is 4. The first-order chi connectivity index (χ1) is 15.5. The van der Waals surface area contributed by atoms with Crippen LogP contribution in [-0.2, 0) is 6.42 Å². The maximum atomic E-state index is 13.0. The minimum Gasteiger partial charge on any atom is -0.354 e. The number of pyridine rings is 3. The number of piperazine rings is 1. The van der Waals surface area contributed by atoms with E-state index in [-0.39, 0.29) is 12.2 Å². The quantitative estimate of drug-likeness (QED) is 0.435. The molecule has 4 aromatic heterocycles. The molecule has 1 aliphatic heterocycles. The minimum absolute atomic E-state index is 0.0412. The van der Waals surface area contributed by atoms with Crippen LogP contribution in [0, 0.1) is 6.92 Å². The number of ketones is 1. The minimum atomic E-state index is 0.0412. The number of nitrogens with zero attached hydrogens (tertiary/aromatic N) is 6. The van der Waals surface area contributed by atoms with Crippen molar-refractivity contribution in [1.29, 1.82) is 0 Å². The summed E-state index contributed by atoms with van der Waals surface area (Å²) in [5.74, 6) is 0.907. The van der Waals surface area contributed by atoms with Gasteiger partial charge in [-0.3, -0.25) is 14.8 Å². The molecule has 0 aliphatic carbocycles. The normalized spacial score (nSPS) is 14.8. The van der Waals surface area contributed by atoms with Crippen LogP contribution in [0.1, 0.15) is 20.9 Å². The van der Waals surface area contributed by atoms with Crippen molar-refractivity contribution in [3.05, 3.63) is 65.2 Å². The summed E-state index contributed by atoms with van der Waals surface area (Å²) in [4.78, 5) is 36.6. The SMILES string of the molecule is Cc1cnc(-c2cc3cc(CC(=O)c4ccnc(N5CCN(C)CC5)c4)ncc3cn2)s1. The Balaban J connectivity index is 1.36. The molecule has 7 nitrogen and oxygen atoms in total. The number of likely N-dealkylation sites (N-methyl/N-ethyl adjacent to an activating group) is 1. The number of aryl methyl sites for hydroxylation is 1. The van der Waals surface area contributed by atoms with Crippen molar-refractivity contribution in [2.24, 2.45) is 0 Å². The van der Waals surface area contributed by atoms with Gasteiger partial charge in [0.25, 0.3) is 0 Å². The number of Topliss-reactive ketones (excluding diaryl/α,β-unsaturated/α-hetero) is 1. The van der Waals surface area contributed by atoms with Crippen molar-refractivity contribution < 1.29 is 4.79 Å². The Labute approximate surface area is 190 Å². The summed E-state index contributed by atoms with van der Waals surface area (Å²) in [6, 6.07) is 7.68. The van der Waals surface area contributed by atoms with Gasteiger partial charge in [-0.05, 0) is 43.6 Å². The summed E-state index contributed by atoms with van der Waals surface area (Å²) >= 11 is 1.62. The number of rotatable bonds is 5. The monoisotopic (exact) mass is 444 g/mol. The Hall–Kier alpha value is -3.23. The van der Waals surface area contributed by atoms with Gasteiger partial charge in [-0.1, -0.05) is 0 Å². The number of carbonyl (C=O) groups excluding carboxylic acids is 1. The van der Waals surface area contributed by atoms with E-state index in [2.05, 4.69) is 36.8 Å². The van der Waals surface area contributed by atoms with Gasteiger partial charge >= 0.3 is 0 Å². The third kappa shape index (κ3) is 4.37. The first kappa shape index (κ1) is 20.7. The molecule has 1 fully saturated rings. The van der Waals surface area contributed by atoms with Crippen LogP contribution < -0.4 is 4.90 Å². The van der Waals surface area contributed by atoms with Gasteiger partial charge in [0, 0.05) is 72.5 Å². The largest absolute Gasteiger partial charge is 0.354 e. The second kappa shape index (κ2) is 8.72. The summed E-state index contributed by atoms with van der Waals surface area (Å²) in [5, 5.41) is 2.85. The molecule has 1 aliphatic rings. The molecule has 5 heterocycles. The predicted octanol–water partition coefficient (Wildman–Crippen LogP) is 3.63. The lowest BCUT2D eigenvalue weighted by molar-refractivity contribution is 0.0992. The third-order valence-electron chi connectivity index (χ3n) is 5.74. The molecule has 32 heavy (non-hydrogen) atoms. The van der Waals surface area contributed by atoms with Crippen LogP contribution >= 0.6 is 11.3 Å². The van der Waals surface area contributed by atoms with Crippen molar-refractivity contribution in [1.82, 2.24) is 24.8 Å². The van der Waals surface area contributed by atoms with Gasteiger partial charge < -0.3 is 9.80 Å². The van der Waals surface area contributed by atoms with Crippen molar-refractivity contribution in [2.75, 3.05) is 38.1 Å². The summed E-state index contributed by atoms with van der Waals surface area (Å²) in [6.45, 7) is 5.87. The lowest BCUT2D eigenvalue weighted by Crippen LogP contribution is -2.44. The fraction of sp³-hybridized carbons (Fsp3) is 0.292. The summed E-state index contributed by atoms with van der Waals surface area (Å²) in [5.41, 5.74) is 2.25. The van der Waals surface area contributed by atoms with Crippen LogP contribution in [-0.4, -0.2) is 63.8 Å². The van der Waals surface area contributed by atoms with Crippen molar-refractivity contribution in [3.63, 3.8) is 0 Å². The lowest BCUT2D eigenvalue weighted by atomic mass is 10.1. The van der Waals surface area contributed by atoms with E-state index < -0.39 is 0 Å². The molecule has 0 saturated carbocycles. The maximum Gasteiger partial charge on any atom is 0.169 e. The molecule has 5 rings (SSSR count). The van der Waals surface area contributed by atoms with Crippen LogP contribution in [0.25, 0.3) is 21.5 Å². The first-order valence-electron chi connectivity index (χ1n) is 10.7. The van der Waals surface area contributed by atoms with Crippen molar-refractivity contribution in [3.8, 4) is 10.7 Å². The average Bonchev–Trinajstić information content (AvgIpc) is 3.25. The van der Waals surface area contributed by atoms with Gasteiger partial charge in [-0.2, -0.15) is 0 Å². The van der Waals surface area contributed by atoms with Crippen LogP contribution in [0.15, 0.2) is 49.1 Å². The first-order valence-corrected chi connectivity index (χ1v) is 11.5. The highest BCUT2D eigenvalue weighted by Gasteiger charge is 2.17. The van der Waals surface area contributed by atoms with Crippen molar-refractivity contribution >= 4 is 33.7 Å². The van der Waals surface area contributed by atoms with Crippen LogP contribution in [0.3, 0.4) is 0 Å². The number of carbonyl (C=O) groups is 1. The highest BCUT2D eigenvalue weighted by Crippen LogP contribution is 2.26. The van der Waals surface area contributed by atoms with Gasteiger partial charge in [0.1, 0.15) is 10.8 Å². The van der Waals surface area contributed by atoms with Gasteiger partial charge in [0.2, 0.25) is 0 Å². The molecule has 0 bridgehead atoms. The van der Waals surface area contributed by atoms with E-state index in [0.717, 1.165) is 64.0 Å². The molecule has 8 heteroatoms. The Morgan fingerprint density at radius 3 is 2.56 bits per heavy atom. The Kier molecular flexibility index (Phi) is 5.63. The van der Waals surface area contributed by atoms with E-state index in [1.807, 2.05) is 37.5 Å². The Bertz CT molecular complexity index is 1280. The summed E-state index contributed by atoms with van der Waals surface area (Å²) in [7, 11) is 2.12. The fourth-order valence-corrected chi connectivity index (χ4v) is 4.57. The van der Waals surface area contributed by atoms with E-state index in [0.29, 0.717) is 5.56 Å².